The summed E-state index contributed by atoms with van der Waals surface area (Å²) in [5, 5.41) is 12.7. The fourth-order valence-corrected chi connectivity index (χ4v) is 3.38. The molecule has 0 saturated heterocycles. The molecule has 27 heavy (non-hydrogen) atoms. The normalized spacial score (nSPS) is 15.0. The van der Waals surface area contributed by atoms with Gasteiger partial charge in [-0.15, -0.1) is 0 Å². The van der Waals surface area contributed by atoms with Gasteiger partial charge in [0.15, 0.2) is 0 Å². The summed E-state index contributed by atoms with van der Waals surface area (Å²) in [4.78, 5) is 8.28. The third kappa shape index (κ3) is 5.27. The van der Waals surface area contributed by atoms with Crippen molar-refractivity contribution >= 4 is 0 Å². The summed E-state index contributed by atoms with van der Waals surface area (Å²) in [6.07, 6.45) is 2.04. The van der Waals surface area contributed by atoms with Gasteiger partial charge in [-0.25, -0.2) is 9.97 Å². The van der Waals surface area contributed by atoms with E-state index < -0.39 is 11.7 Å². The molecule has 0 bridgehead atoms. The maximum absolute atomic E-state index is 12.9. The van der Waals surface area contributed by atoms with E-state index in [1.165, 1.54) is 31.7 Å². The quantitative estimate of drug-likeness (QED) is 0.757. The van der Waals surface area contributed by atoms with Crippen molar-refractivity contribution in [3.8, 4) is 17.3 Å². The van der Waals surface area contributed by atoms with E-state index in [0.29, 0.717) is 29.4 Å². The van der Waals surface area contributed by atoms with E-state index >= 15 is 0 Å². The Morgan fingerprint density at radius 1 is 1.15 bits per heavy atom. The number of aryl methyl sites for hydroxylation is 1. The number of hydrogen-bond acceptors (Lipinski definition) is 4. The molecule has 1 aromatic heterocycles. The van der Waals surface area contributed by atoms with Crippen molar-refractivity contribution in [3.63, 3.8) is 0 Å². The largest absolute Gasteiger partial charge is 0.416 e. The fourth-order valence-electron chi connectivity index (χ4n) is 3.38. The number of benzene rings is 1. The highest BCUT2D eigenvalue weighted by atomic mass is 19.4. The number of nitrogens with one attached hydrogen (secondary N) is 1. The van der Waals surface area contributed by atoms with Crippen LogP contribution >= 0.6 is 0 Å². The van der Waals surface area contributed by atoms with Crippen LogP contribution in [0.25, 0.3) is 11.3 Å². The minimum absolute atomic E-state index is 0.0244. The van der Waals surface area contributed by atoms with Crippen LogP contribution < -0.4 is 5.32 Å². The molecular formula is C20H21F3N4. The lowest BCUT2D eigenvalue weighted by Crippen LogP contribution is -2.27. The van der Waals surface area contributed by atoms with E-state index in [0.717, 1.165) is 25.1 Å². The van der Waals surface area contributed by atoms with Crippen LogP contribution in [-0.2, 0) is 12.6 Å². The van der Waals surface area contributed by atoms with Gasteiger partial charge >= 0.3 is 6.18 Å². The zero-order chi connectivity index (χ0) is 19.3. The topological polar surface area (TPSA) is 61.6 Å². The molecule has 4 nitrogen and oxygen atoms in total. The minimum Gasteiger partial charge on any atom is -0.314 e. The molecule has 0 amide bonds. The Kier molecular flexibility index (Phi) is 6.07. The molecule has 1 aromatic carbocycles. The van der Waals surface area contributed by atoms with Crippen LogP contribution in [0.2, 0.25) is 0 Å². The van der Waals surface area contributed by atoms with E-state index in [2.05, 4.69) is 15.3 Å². The Morgan fingerprint density at radius 2 is 1.93 bits per heavy atom. The second-order valence-electron chi connectivity index (χ2n) is 6.80. The molecule has 7 heteroatoms. The van der Waals surface area contributed by atoms with Gasteiger partial charge in [0.25, 0.3) is 0 Å². The van der Waals surface area contributed by atoms with E-state index in [9.17, 15) is 13.2 Å². The Labute approximate surface area is 156 Å². The summed E-state index contributed by atoms with van der Waals surface area (Å²) in [5.41, 5.74) is 0.599. The van der Waals surface area contributed by atoms with Crippen LogP contribution in [0.3, 0.4) is 0 Å². The van der Waals surface area contributed by atoms with E-state index in [1.807, 2.05) is 6.07 Å². The third-order valence-electron chi connectivity index (χ3n) is 4.76. The number of hydrogen-bond donors (Lipinski definition) is 1. The molecule has 3 rings (SSSR count). The van der Waals surface area contributed by atoms with Gasteiger partial charge in [0, 0.05) is 17.3 Å². The third-order valence-corrected chi connectivity index (χ3v) is 4.76. The van der Waals surface area contributed by atoms with Gasteiger partial charge in [0.2, 0.25) is 5.82 Å². The number of rotatable bonds is 6. The van der Waals surface area contributed by atoms with Crippen LogP contribution in [0.4, 0.5) is 13.2 Å². The highest BCUT2D eigenvalue weighted by Gasteiger charge is 2.30. The Hall–Kier alpha value is -2.46. The van der Waals surface area contributed by atoms with Gasteiger partial charge in [0.05, 0.1) is 11.3 Å². The van der Waals surface area contributed by atoms with Gasteiger partial charge < -0.3 is 5.32 Å². The Morgan fingerprint density at radius 3 is 2.63 bits per heavy atom. The van der Waals surface area contributed by atoms with Crippen molar-refractivity contribution in [2.75, 3.05) is 6.54 Å². The lowest BCUT2D eigenvalue weighted by atomic mass is 10.1. The predicted octanol–water partition coefficient (Wildman–Crippen LogP) is 4.50. The van der Waals surface area contributed by atoms with Crippen molar-refractivity contribution in [2.45, 2.75) is 50.7 Å². The van der Waals surface area contributed by atoms with Crippen molar-refractivity contribution in [2.24, 2.45) is 0 Å². The molecule has 0 unspecified atom stereocenters. The lowest BCUT2D eigenvalue weighted by molar-refractivity contribution is -0.137. The summed E-state index contributed by atoms with van der Waals surface area (Å²) in [7, 11) is 0. The summed E-state index contributed by atoms with van der Waals surface area (Å²) < 4.78 is 38.8. The van der Waals surface area contributed by atoms with Gasteiger partial charge in [-0.2, -0.15) is 18.4 Å². The van der Waals surface area contributed by atoms with Crippen LogP contribution in [0, 0.1) is 11.3 Å². The number of nitriles is 1. The molecule has 2 aromatic rings. The van der Waals surface area contributed by atoms with Crippen molar-refractivity contribution in [1.82, 2.24) is 15.3 Å². The highest BCUT2D eigenvalue weighted by Crippen LogP contribution is 2.31. The van der Waals surface area contributed by atoms with Crippen LogP contribution in [0.15, 0.2) is 30.3 Å². The standard InChI is InChI=1S/C20H21F3N4/c21-20(22,23)15-6-3-5-14(11-15)18-12-17(26-19(13-24)27-18)9-4-10-25-16-7-1-2-8-16/h3,5-6,11-12,16,25H,1-2,4,7-10H2. The summed E-state index contributed by atoms with van der Waals surface area (Å²) in [6.45, 7) is 0.857. The first-order chi connectivity index (χ1) is 13.0. The Balaban J connectivity index is 1.72. The highest BCUT2D eigenvalue weighted by molar-refractivity contribution is 5.61. The number of nitrogens with zero attached hydrogens (tertiary/aromatic N) is 3. The van der Waals surface area contributed by atoms with E-state index in [-0.39, 0.29) is 5.82 Å². The molecule has 1 aliphatic carbocycles. The second kappa shape index (κ2) is 8.49. The molecule has 1 heterocycles. The molecule has 142 valence electrons. The summed E-state index contributed by atoms with van der Waals surface area (Å²) in [6, 6.07) is 9.13. The number of aromatic nitrogens is 2. The van der Waals surface area contributed by atoms with E-state index in [4.69, 9.17) is 5.26 Å². The van der Waals surface area contributed by atoms with Gasteiger partial charge in [-0.3, -0.25) is 0 Å². The SMILES string of the molecule is N#Cc1nc(CCCNC2CCCC2)cc(-c2cccc(C(F)(F)F)c2)n1. The molecule has 0 spiro atoms. The lowest BCUT2D eigenvalue weighted by Gasteiger charge is -2.12. The van der Waals surface area contributed by atoms with Gasteiger partial charge in [-0.1, -0.05) is 25.0 Å². The molecule has 1 aliphatic rings. The van der Waals surface area contributed by atoms with Crippen LogP contribution in [0.5, 0.6) is 0 Å². The minimum atomic E-state index is -4.42. The first-order valence-electron chi connectivity index (χ1n) is 9.15. The Bertz CT molecular complexity index is 821. The first kappa shape index (κ1) is 19.3. The van der Waals surface area contributed by atoms with Crippen molar-refractivity contribution in [3.05, 3.63) is 47.4 Å². The average Bonchev–Trinajstić information content (AvgIpc) is 3.18. The van der Waals surface area contributed by atoms with Crippen molar-refractivity contribution < 1.29 is 13.2 Å². The second-order valence-corrected chi connectivity index (χ2v) is 6.80. The number of alkyl halides is 3. The number of halogens is 3. The zero-order valence-electron chi connectivity index (χ0n) is 14.9. The summed E-state index contributed by atoms with van der Waals surface area (Å²) >= 11 is 0. The molecule has 0 atom stereocenters. The maximum Gasteiger partial charge on any atom is 0.416 e. The van der Waals surface area contributed by atoms with Crippen LogP contribution in [-0.4, -0.2) is 22.6 Å². The average molecular weight is 374 g/mol. The smallest absolute Gasteiger partial charge is 0.314 e. The zero-order valence-corrected chi connectivity index (χ0v) is 14.9. The van der Waals surface area contributed by atoms with Crippen LogP contribution in [0.1, 0.15) is 49.2 Å². The molecular weight excluding hydrogens is 353 g/mol. The summed E-state index contributed by atoms with van der Waals surface area (Å²) in [5.74, 6) is -0.0244. The molecule has 0 radical (unpaired) electrons. The monoisotopic (exact) mass is 374 g/mol. The molecule has 1 N–H and O–H groups in total. The predicted molar refractivity (Wildman–Crippen MR) is 95.8 cm³/mol. The van der Waals surface area contributed by atoms with E-state index in [1.54, 1.807) is 12.1 Å². The molecule has 0 aliphatic heterocycles. The maximum atomic E-state index is 12.9. The fraction of sp³-hybridized carbons (Fsp3) is 0.450. The molecule has 1 saturated carbocycles. The van der Waals surface area contributed by atoms with Gasteiger partial charge in [-0.05, 0) is 50.4 Å². The molecule has 1 fully saturated rings. The van der Waals surface area contributed by atoms with Crippen molar-refractivity contribution in [1.29, 1.82) is 5.26 Å². The first-order valence-corrected chi connectivity index (χ1v) is 9.15. The van der Waals surface area contributed by atoms with Gasteiger partial charge in [0.1, 0.15) is 6.07 Å².